The SMILES string of the molecule is Cc1ccc(COc2ccccc2/C=C2\C(=O)NC(=O)N(c3ccccc3C)C2=O)cc1C. The van der Waals surface area contributed by atoms with Gasteiger partial charge in [0.2, 0.25) is 0 Å². The highest BCUT2D eigenvalue weighted by molar-refractivity contribution is 6.39. The Hall–Kier alpha value is -4.19. The summed E-state index contributed by atoms with van der Waals surface area (Å²) in [7, 11) is 0. The first-order valence-corrected chi connectivity index (χ1v) is 10.6. The molecule has 166 valence electrons. The molecule has 1 heterocycles. The van der Waals surface area contributed by atoms with Crippen LogP contribution >= 0.6 is 0 Å². The number of para-hydroxylation sites is 2. The monoisotopic (exact) mass is 440 g/mol. The standard InChI is InChI=1S/C27H24N2O4/c1-17-12-13-20(14-19(17)3)16-33-24-11-7-5-9-21(24)15-22-25(30)28-27(32)29(26(22)31)23-10-6-4-8-18(23)2/h4-15H,16H2,1-3H3,(H,28,30,32)/b22-15+. The molecular formula is C27H24N2O4. The molecule has 0 spiro atoms. The number of nitrogens with one attached hydrogen (secondary N) is 1. The predicted molar refractivity (Wildman–Crippen MR) is 127 cm³/mol. The van der Waals surface area contributed by atoms with Crippen LogP contribution in [0.1, 0.15) is 27.8 Å². The number of carbonyl (C=O) groups excluding carboxylic acids is 3. The van der Waals surface area contributed by atoms with Crippen LogP contribution in [0.15, 0.2) is 72.3 Å². The van der Waals surface area contributed by atoms with Gasteiger partial charge in [0, 0.05) is 5.56 Å². The first kappa shape index (κ1) is 22.0. The molecule has 1 aliphatic rings. The van der Waals surface area contributed by atoms with Gasteiger partial charge in [0.25, 0.3) is 11.8 Å². The Labute approximate surface area is 192 Å². The van der Waals surface area contributed by atoms with Crippen molar-refractivity contribution in [2.75, 3.05) is 4.90 Å². The van der Waals surface area contributed by atoms with Gasteiger partial charge in [-0.1, -0.05) is 54.6 Å². The summed E-state index contributed by atoms with van der Waals surface area (Å²) < 4.78 is 6.01. The smallest absolute Gasteiger partial charge is 0.335 e. The molecule has 3 aromatic rings. The van der Waals surface area contributed by atoms with E-state index in [1.807, 2.05) is 31.2 Å². The zero-order valence-electron chi connectivity index (χ0n) is 18.7. The van der Waals surface area contributed by atoms with Gasteiger partial charge in [-0.15, -0.1) is 0 Å². The lowest BCUT2D eigenvalue weighted by Crippen LogP contribution is -2.54. The van der Waals surface area contributed by atoms with Crippen molar-refractivity contribution in [2.24, 2.45) is 0 Å². The average molecular weight is 440 g/mol. The lowest BCUT2D eigenvalue weighted by atomic mass is 10.0. The third kappa shape index (κ3) is 4.55. The van der Waals surface area contributed by atoms with Gasteiger partial charge in [-0.3, -0.25) is 14.9 Å². The molecule has 0 atom stereocenters. The van der Waals surface area contributed by atoms with Crippen molar-refractivity contribution in [3.63, 3.8) is 0 Å². The second kappa shape index (κ2) is 9.12. The zero-order chi connectivity index (χ0) is 23.5. The first-order valence-electron chi connectivity index (χ1n) is 10.6. The van der Waals surface area contributed by atoms with E-state index in [0.29, 0.717) is 23.6 Å². The van der Waals surface area contributed by atoms with Crippen molar-refractivity contribution < 1.29 is 19.1 Å². The third-order valence-electron chi connectivity index (χ3n) is 5.64. The van der Waals surface area contributed by atoms with Crippen LogP contribution in [0.4, 0.5) is 10.5 Å². The van der Waals surface area contributed by atoms with Crippen molar-refractivity contribution in [1.29, 1.82) is 0 Å². The fraction of sp³-hybridized carbons (Fsp3) is 0.148. The molecule has 3 aromatic carbocycles. The Morgan fingerprint density at radius 3 is 2.33 bits per heavy atom. The van der Waals surface area contributed by atoms with Gasteiger partial charge < -0.3 is 4.74 Å². The van der Waals surface area contributed by atoms with Crippen LogP contribution in [0.3, 0.4) is 0 Å². The molecule has 0 radical (unpaired) electrons. The molecule has 0 saturated carbocycles. The number of carbonyl (C=O) groups is 3. The molecule has 1 saturated heterocycles. The molecular weight excluding hydrogens is 416 g/mol. The zero-order valence-corrected chi connectivity index (χ0v) is 18.7. The molecule has 1 aliphatic heterocycles. The number of aryl methyl sites for hydroxylation is 3. The minimum atomic E-state index is -0.768. The van der Waals surface area contributed by atoms with E-state index >= 15 is 0 Å². The second-order valence-corrected chi connectivity index (χ2v) is 7.99. The Morgan fingerprint density at radius 2 is 1.58 bits per heavy atom. The summed E-state index contributed by atoms with van der Waals surface area (Å²) in [5, 5.41) is 2.26. The van der Waals surface area contributed by atoms with E-state index in [1.165, 1.54) is 17.2 Å². The van der Waals surface area contributed by atoms with Crippen molar-refractivity contribution in [3.05, 3.63) is 100 Å². The quantitative estimate of drug-likeness (QED) is 0.454. The predicted octanol–water partition coefficient (Wildman–Crippen LogP) is 4.86. The highest BCUT2D eigenvalue weighted by Gasteiger charge is 2.37. The number of nitrogens with zero attached hydrogens (tertiary/aromatic N) is 1. The van der Waals surface area contributed by atoms with Gasteiger partial charge in [-0.25, -0.2) is 9.69 Å². The number of hydrogen-bond donors (Lipinski definition) is 1. The van der Waals surface area contributed by atoms with E-state index in [-0.39, 0.29) is 5.57 Å². The number of urea groups is 1. The molecule has 6 nitrogen and oxygen atoms in total. The number of amides is 4. The number of hydrogen-bond acceptors (Lipinski definition) is 4. The number of barbiturate groups is 1. The van der Waals surface area contributed by atoms with Gasteiger partial charge in [-0.05, 0) is 61.2 Å². The van der Waals surface area contributed by atoms with Gasteiger partial charge in [-0.2, -0.15) is 0 Å². The summed E-state index contributed by atoms with van der Waals surface area (Å²) in [4.78, 5) is 39.2. The van der Waals surface area contributed by atoms with Gasteiger partial charge in [0.15, 0.2) is 0 Å². The Balaban J connectivity index is 1.64. The van der Waals surface area contributed by atoms with Crippen LogP contribution in [0, 0.1) is 20.8 Å². The van der Waals surface area contributed by atoms with Crippen molar-refractivity contribution in [1.82, 2.24) is 5.32 Å². The number of benzene rings is 3. The van der Waals surface area contributed by atoms with E-state index in [0.717, 1.165) is 16.0 Å². The number of imide groups is 2. The molecule has 0 aliphatic carbocycles. The van der Waals surface area contributed by atoms with E-state index in [2.05, 4.69) is 18.3 Å². The fourth-order valence-electron chi connectivity index (χ4n) is 3.63. The topological polar surface area (TPSA) is 75.7 Å². The Kier molecular flexibility index (Phi) is 6.09. The lowest BCUT2D eigenvalue weighted by Gasteiger charge is -2.27. The molecule has 4 rings (SSSR count). The van der Waals surface area contributed by atoms with Crippen LogP contribution < -0.4 is 15.0 Å². The molecule has 0 unspecified atom stereocenters. The minimum Gasteiger partial charge on any atom is -0.488 e. The van der Waals surface area contributed by atoms with Crippen molar-refractivity contribution >= 4 is 29.6 Å². The van der Waals surface area contributed by atoms with Crippen molar-refractivity contribution in [3.8, 4) is 5.75 Å². The maximum absolute atomic E-state index is 13.2. The van der Waals surface area contributed by atoms with Crippen LogP contribution in [-0.2, 0) is 16.2 Å². The molecule has 1 fully saturated rings. The average Bonchev–Trinajstić information content (AvgIpc) is 2.79. The molecule has 6 heteroatoms. The first-order chi connectivity index (χ1) is 15.8. The van der Waals surface area contributed by atoms with E-state index < -0.39 is 17.8 Å². The van der Waals surface area contributed by atoms with Crippen molar-refractivity contribution in [2.45, 2.75) is 27.4 Å². The highest BCUT2D eigenvalue weighted by Crippen LogP contribution is 2.27. The number of ether oxygens (including phenoxy) is 1. The minimum absolute atomic E-state index is 0.139. The van der Waals surface area contributed by atoms with Gasteiger partial charge in [0.1, 0.15) is 17.9 Å². The maximum Gasteiger partial charge on any atom is 0.335 e. The lowest BCUT2D eigenvalue weighted by molar-refractivity contribution is -0.122. The van der Waals surface area contributed by atoms with E-state index in [1.54, 1.807) is 43.3 Å². The maximum atomic E-state index is 13.2. The summed E-state index contributed by atoms with van der Waals surface area (Å²) in [6.45, 7) is 6.24. The second-order valence-electron chi connectivity index (χ2n) is 7.99. The summed E-state index contributed by atoms with van der Waals surface area (Å²) in [5.74, 6) is -0.885. The summed E-state index contributed by atoms with van der Waals surface area (Å²) in [5.41, 5.74) is 5.00. The Bertz CT molecular complexity index is 1290. The van der Waals surface area contributed by atoms with Crippen LogP contribution in [0.25, 0.3) is 6.08 Å². The highest BCUT2D eigenvalue weighted by atomic mass is 16.5. The van der Waals surface area contributed by atoms with Crippen LogP contribution in [0.2, 0.25) is 0 Å². The molecule has 0 aromatic heterocycles. The molecule has 0 bridgehead atoms. The largest absolute Gasteiger partial charge is 0.488 e. The molecule has 1 N–H and O–H groups in total. The van der Waals surface area contributed by atoms with Crippen LogP contribution in [0.5, 0.6) is 5.75 Å². The van der Waals surface area contributed by atoms with Gasteiger partial charge in [0.05, 0.1) is 5.69 Å². The summed E-state index contributed by atoms with van der Waals surface area (Å²) >= 11 is 0. The third-order valence-corrected chi connectivity index (χ3v) is 5.64. The summed E-state index contributed by atoms with van der Waals surface area (Å²) in [6.07, 6.45) is 1.46. The summed E-state index contributed by atoms with van der Waals surface area (Å²) in [6, 6.07) is 19.5. The van der Waals surface area contributed by atoms with Gasteiger partial charge >= 0.3 is 6.03 Å². The normalized spacial score (nSPS) is 15.1. The molecule has 4 amide bonds. The Morgan fingerprint density at radius 1 is 0.848 bits per heavy atom. The fourth-order valence-corrected chi connectivity index (χ4v) is 3.63. The molecule has 33 heavy (non-hydrogen) atoms. The van der Waals surface area contributed by atoms with E-state index in [4.69, 9.17) is 4.74 Å². The number of anilines is 1. The number of rotatable bonds is 5. The van der Waals surface area contributed by atoms with Crippen LogP contribution in [-0.4, -0.2) is 17.8 Å². The van der Waals surface area contributed by atoms with E-state index in [9.17, 15) is 14.4 Å².